The quantitative estimate of drug-likeness (QED) is 0.522. The Hall–Kier alpha value is -2.22. The second kappa shape index (κ2) is 9.64. The molecule has 0 radical (unpaired) electrons. The minimum absolute atomic E-state index is 0.307. The maximum Gasteiger partial charge on any atom is 0.273 e. The van der Waals surface area contributed by atoms with E-state index in [2.05, 4.69) is 30.0 Å². The van der Waals surface area contributed by atoms with Gasteiger partial charge in [-0.1, -0.05) is 26.7 Å². The van der Waals surface area contributed by atoms with E-state index in [0.29, 0.717) is 45.8 Å². The van der Waals surface area contributed by atoms with Crippen LogP contribution in [-0.4, -0.2) is 38.4 Å². The Kier molecular flexibility index (Phi) is 7.53. The lowest BCUT2D eigenvalue weighted by Gasteiger charge is -2.35. The standard InChI is InChI=1S/C19H29N3O4S/c1-11-7-6-8-14(12(11)2)20-19(27)22-21-18(23)13-9-16(25-4)17(26-5)10-15(13)24-3/h9-12,14H,6-8H2,1-5H3,(H,21,23)(H2,20,22,27)/t11-,12-,14+/m1/s1. The molecule has 0 spiro atoms. The van der Waals surface area contributed by atoms with Crippen molar-refractivity contribution in [3.63, 3.8) is 0 Å². The number of hydrazine groups is 1. The van der Waals surface area contributed by atoms with Crippen molar-refractivity contribution in [2.75, 3.05) is 21.3 Å². The molecule has 1 amide bonds. The first-order chi connectivity index (χ1) is 12.9. The maximum absolute atomic E-state index is 12.6. The molecule has 0 bridgehead atoms. The average molecular weight is 396 g/mol. The lowest BCUT2D eigenvalue weighted by Crippen LogP contribution is -2.52. The summed E-state index contributed by atoms with van der Waals surface area (Å²) >= 11 is 5.33. The van der Waals surface area contributed by atoms with Crippen LogP contribution in [-0.2, 0) is 0 Å². The van der Waals surface area contributed by atoms with Gasteiger partial charge in [0.2, 0.25) is 0 Å². The second-order valence-corrected chi connectivity index (χ2v) is 7.24. The lowest BCUT2D eigenvalue weighted by molar-refractivity contribution is 0.0939. The van der Waals surface area contributed by atoms with E-state index in [-0.39, 0.29) is 5.91 Å². The zero-order chi connectivity index (χ0) is 20.0. The Morgan fingerprint density at radius 3 is 2.26 bits per heavy atom. The minimum Gasteiger partial charge on any atom is -0.496 e. The molecule has 0 aromatic heterocycles. The molecule has 1 aliphatic rings. The summed E-state index contributed by atoms with van der Waals surface area (Å²) in [6.45, 7) is 4.50. The molecule has 1 fully saturated rings. The van der Waals surface area contributed by atoms with Crippen molar-refractivity contribution in [2.24, 2.45) is 11.8 Å². The van der Waals surface area contributed by atoms with Gasteiger partial charge in [0.05, 0.1) is 26.9 Å². The molecule has 0 aliphatic heterocycles. The number of methoxy groups -OCH3 is 3. The smallest absolute Gasteiger partial charge is 0.273 e. The lowest BCUT2D eigenvalue weighted by atomic mass is 9.78. The van der Waals surface area contributed by atoms with Crippen LogP contribution in [0.2, 0.25) is 0 Å². The largest absolute Gasteiger partial charge is 0.496 e. The summed E-state index contributed by atoms with van der Waals surface area (Å²) in [4.78, 5) is 12.6. The zero-order valence-corrected chi connectivity index (χ0v) is 17.4. The minimum atomic E-state index is -0.387. The number of rotatable bonds is 5. The van der Waals surface area contributed by atoms with Crippen LogP contribution in [0.5, 0.6) is 17.2 Å². The van der Waals surface area contributed by atoms with Gasteiger partial charge in [-0.15, -0.1) is 0 Å². The molecule has 1 aromatic carbocycles. The van der Waals surface area contributed by atoms with Gasteiger partial charge >= 0.3 is 0 Å². The molecule has 27 heavy (non-hydrogen) atoms. The van der Waals surface area contributed by atoms with Crippen LogP contribution in [0, 0.1) is 11.8 Å². The van der Waals surface area contributed by atoms with Crippen molar-refractivity contribution in [3.05, 3.63) is 17.7 Å². The Bertz CT molecular complexity index is 683. The van der Waals surface area contributed by atoms with E-state index in [1.807, 2.05) is 0 Å². The van der Waals surface area contributed by atoms with Gasteiger partial charge in [0.15, 0.2) is 16.6 Å². The van der Waals surface area contributed by atoms with Gasteiger partial charge in [0.25, 0.3) is 5.91 Å². The Labute approximate surface area is 166 Å². The number of hydrogen-bond donors (Lipinski definition) is 3. The third-order valence-electron chi connectivity index (χ3n) is 5.26. The topological polar surface area (TPSA) is 80.9 Å². The summed E-state index contributed by atoms with van der Waals surface area (Å²) in [5.74, 6) is 2.10. The summed E-state index contributed by atoms with van der Waals surface area (Å²) in [6.07, 6.45) is 3.50. The normalized spacial score (nSPS) is 21.7. The molecule has 150 valence electrons. The first-order valence-corrected chi connectivity index (χ1v) is 9.48. The summed E-state index contributed by atoms with van der Waals surface area (Å²) in [5.41, 5.74) is 5.69. The Morgan fingerprint density at radius 1 is 1.00 bits per heavy atom. The fourth-order valence-corrected chi connectivity index (χ4v) is 3.58. The van der Waals surface area contributed by atoms with Gasteiger partial charge in [0, 0.05) is 18.2 Å². The highest BCUT2D eigenvalue weighted by atomic mass is 32.1. The van der Waals surface area contributed by atoms with E-state index in [0.717, 1.165) is 6.42 Å². The first kappa shape index (κ1) is 21.1. The van der Waals surface area contributed by atoms with E-state index >= 15 is 0 Å². The summed E-state index contributed by atoms with van der Waals surface area (Å²) in [6, 6.07) is 3.48. The predicted octanol–water partition coefficient (Wildman–Crippen LogP) is 2.65. The van der Waals surface area contributed by atoms with E-state index in [1.54, 1.807) is 12.1 Å². The van der Waals surface area contributed by atoms with Crippen LogP contribution in [0.15, 0.2) is 12.1 Å². The summed E-state index contributed by atoms with van der Waals surface area (Å²) in [5, 5.41) is 3.70. The van der Waals surface area contributed by atoms with E-state index in [4.69, 9.17) is 26.4 Å². The summed E-state index contributed by atoms with van der Waals surface area (Å²) < 4.78 is 15.8. The number of thiocarbonyl (C=S) groups is 1. The van der Waals surface area contributed by atoms with Crippen LogP contribution in [0.4, 0.5) is 0 Å². The van der Waals surface area contributed by atoms with Crippen molar-refractivity contribution in [1.29, 1.82) is 0 Å². The first-order valence-electron chi connectivity index (χ1n) is 9.08. The Morgan fingerprint density at radius 2 is 1.63 bits per heavy atom. The van der Waals surface area contributed by atoms with Gasteiger partial charge in [-0.25, -0.2) is 0 Å². The molecule has 1 aliphatic carbocycles. The van der Waals surface area contributed by atoms with Gasteiger partial charge < -0.3 is 19.5 Å². The van der Waals surface area contributed by atoms with Gasteiger partial charge in [-0.2, -0.15) is 0 Å². The molecular formula is C19H29N3O4S. The second-order valence-electron chi connectivity index (χ2n) is 6.83. The molecule has 1 saturated carbocycles. The summed E-state index contributed by atoms with van der Waals surface area (Å²) in [7, 11) is 4.52. The molecule has 0 unspecified atom stereocenters. The predicted molar refractivity (Wildman–Crippen MR) is 108 cm³/mol. The fraction of sp³-hybridized carbons (Fsp3) is 0.579. The third kappa shape index (κ3) is 5.15. The van der Waals surface area contributed by atoms with Gasteiger partial charge in [-0.3, -0.25) is 15.6 Å². The third-order valence-corrected chi connectivity index (χ3v) is 5.48. The maximum atomic E-state index is 12.6. The monoisotopic (exact) mass is 395 g/mol. The number of benzene rings is 1. The Balaban J connectivity index is 1.99. The van der Waals surface area contributed by atoms with Crippen LogP contribution in [0.25, 0.3) is 0 Å². The highest BCUT2D eigenvalue weighted by Gasteiger charge is 2.27. The van der Waals surface area contributed by atoms with Crippen LogP contribution < -0.4 is 30.4 Å². The van der Waals surface area contributed by atoms with Crippen molar-refractivity contribution in [1.82, 2.24) is 16.2 Å². The average Bonchev–Trinajstić information content (AvgIpc) is 2.68. The number of amides is 1. The van der Waals surface area contributed by atoms with Crippen molar-refractivity contribution < 1.29 is 19.0 Å². The van der Waals surface area contributed by atoms with Gasteiger partial charge in [-0.05, 0) is 30.5 Å². The number of carbonyl (C=O) groups is 1. The molecule has 0 saturated heterocycles. The molecule has 3 N–H and O–H groups in total. The van der Waals surface area contributed by atoms with Crippen molar-refractivity contribution in [2.45, 2.75) is 39.2 Å². The number of carbonyl (C=O) groups excluding carboxylic acids is 1. The SMILES string of the molecule is COc1cc(OC)c(C(=O)NNC(=S)N[C@H]2CCC[C@@H](C)[C@H]2C)cc1OC. The number of hydrogen-bond acceptors (Lipinski definition) is 5. The number of ether oxygens (including phenoxy) is 3. The molecule has 0 heterocycles. The van der Waals surface area contributed by atoms with Crippen molar-refractivity contribution in [3.8, 4) is 17.2 Å². The highest BCUT2D eigenvalue weighted by Crippen LogP contribution is 2.34. The molecule has 7 nitrogen and oxygen atoms in total. The number of nitrogens with one attached hydrogen (secondary N) is 3. The van der Waals surface area contributed by atoms with Gasteiger partial charge in [0.1, 0.15) is 5.75 Å². The van der Waals surface area contributed by atoms with Crippen LogP contribution in [0.3, 0.4) is 0 Å². The molecule has 8 heteroatoms. The van der Waals surface area contributed by atoms with Crippen molar-refractivity contribution >= 4 is 23.2 Å². The molecule has 2 rings (SSSR count). The fourth-order valence-electron chi connectivity index (χ4n) is 3.38. The highest BCUT2D eigenvalue weighted by molar-refractivity contribution is 7.80. The molecule has 1 aromatic rings. The van der Waals surface area contributed by atoms with E-state index < -0.39 is 0 Å². The molecule has 3 atom stereocenters. The van der Waals surface area contributed by atoms with E-state index in [9.17, 15) is 4.79 Å². The van der Waals surface area contributed by atoms with E-state index in [1.165, 1.54) is 34.2 Å². The van der Waals surface area contributed by atoms with Crippen LogP contribution in [0.1, 0.15) is 43.5 Å². The van der Waals surface area contributed by atoms with Crippen LogP contribution >= 0.6 is 12.2 Å². The zero-order valence-electron chi connectivity index (χ0n) is 16.5. The molecular weight excluding hydrogens is 366 g/mol.